The third kappa shape index (κ3) is 3.61. The van der Waals surface area contributed by atoms with E-state index < -0.39 is 17.7 Å². The second-order valence-corrected chi connectivity index (χ2v) is 8.83. The molecule has 1 fully saturated rings. The molecule has 2 aliphatic heterocycles. The van der Waals surface area contributed by atoms with Crippen LogP contribution in [0.5, 0.6) is 11.5 Å². The quantitative estimate of drug-likeness (QED) is 0.331. The molecule has 2 heterocycles. The second-order valence-electron chi connectivity index (χ2n) is 8.83. The van der Waals surface area contributed by atoms with Crippen LogP contribution in [0.4, 0.5) is 5.69 Å². The molecule has 0 aromatic heterocycles. The standard InChI is InChI=1S/C28H25NO5/c1-16-5-6-17(2)22(14-16)29-25(18-7-10-21(30)11-8-18)24(27(32)28(29)33)26(31)20-9-12-23-19(15-20)4-3-13-34-23/h5-12,14-15,25,30-31H,3-4,13H2,1-2H3/b26-24-. The zero-order valence-electron chi connectivity index (χ0n) is 19.0. The number of carbonyl (C=O) groups excluding carboxylic acids is 2. The van der Waals surface area contributed by atoms with Crippen LogP contribution in [0.15, 0.2) is 66.2 Å². The molecular weight excluding hydrogens is 430 g/mol. The fraction of sp³-hybridized carbons (Fsp3) is 0.214. The number of fused-ring (bicyclic) bond motifs is 1. The van der Waals surface area contributed by atoms with Gasteiger partial charge in [0.2, 0.25) is 0 Å². The highest BCUT2D eigenvalue weighted by atomic mass is 16.5. The van der Waals surface area contributed by atoms with E-state index in [-0.39, 0.29) is 17.1 Å². The van der Waals surface area contributed by atoms with Gasteiger partial charge in [0.15, 0.2) is 0 Å². The molecular formula is C28H25NO5. The molecule has 1 amide bonds. The Morgan fingerprint density at radius 1 is 1.00 bits per heavy atom. The summed E-state index contributed by atoms with van der Waals surface area (Å²) in [5.41, 5.74) is 4.45. The number of hydrogen-bond donors (Lipinski definition) is 2. The van der Waals surface area contributed by atoms with Gasteiger partial charge in [0.05, 0.1) is 18.2 Å². The van der Waals surface area contributed by atoms with Crippen LogP contribution >= 0.6 is 0 Å². The van der Waals surface area contributed by atoms with Crippen LogP contribution in [0, 0.1) is 13.8 Å². The number of phenols is 1. The Kier molecular flexibility index (Phi) is 5.36. The van der Waals surface area contributed by atoms with Gasteiger partial charge >= 0.3 is 0 Å². The molecule has 1 atom stereocenters. The Bertz CT molecular complexity index is 1340. The third-order valence-electron chi connectivity index (χ3n) is 6.46. The molecule has 2 N–H and O–H groups in total. The summed E-state index contributed by atoms with van der Waals surface area (Å²) in [5.74, 6) is -0.825. The molecule has 1 unspecified atom stereocenters. The van der Waals surface area contributed by atoms with Gasteiger partial charge in [0, 0.05) is 11.3 Å². The number of rotatable bonds is 3. The van der Waals surface area contributed by atoms with Crippen molar-refractivity contribution in [1.82, 2.24) is 0 Å². The fourth-order valence-electron chi connectivity index (χ4n) is 4.70. The predicted molar refractivity (Wildman–Crippen MR) is 129 cm³/mol. The van der Waals surface area contributed by atoms with Gasteiger partial charge in [-0.1, -0.05) is 24.3 Å². The van der Waals surface area contributed by atoms with Gasteiger partial charge in [-0.05, 0) is 85.3 Å². The number of anilines is 1. The van der Waals surface area contributed by atoms with Crippen molar-refractivity contribution in [2.75, 3.05) is 11.5 Å². The molecule has 0 aliphatic carbocycles. The number of aliphatic hydroxyl groups is 1. The monoisotopic (exact) mass is 455 g/mol. The van der Waals surface area contributed by atoms with E-state index in [1.165, 1.54) is 17.0 Å². The highest BCUT2D eigenvalue weighted by Crippen LogP contribution is 2.44. The summed E-state index contributed by atoms with van der Waals surface area (Å²) in [6.07, 6.45) is 1.69. The van der Waals surface area contributed by atoms with E-state index in [2.05, 4.69) is 0 Å². The lowest BCUT2D eigenvalue weighted by molar-refractivity contribution is -0.132. The van der Waals surface area contributed by atoms with Gasteiger partial charge in [-0.25, -0.2) is 0 Å². The first-order chi connectivity index (χ1) is 16.3. The summed E-state index contributed by atoms with van der Waals surface area (Å²) in [5, 5.41) is 21.2. The summed E-state index contributed by atoms with van der Waals surface area (Å²) in [4.78, 5) is 28.2. The minimum absolute atomic E-state index is 0.0215. The highest BCUT2D eigenvalue weighted by molar-refractivity contribution is 6.51. The van der Waals surface area contributed by atoms with E-state index in [4.69, 9.17) is 4.74 Å². The molecule has 3 aromatic rings. The van der Waals surface area contributed by atoms with Crippen molar-refractivity contribution in [2.45, 2.75) is 32.7 Å². The molecule has 0 bridgehead atoms. The largest absolute Gasteiger partial charge is 0.508 e. The van der Waals surface area contributed by atoms with E-state index >= 15 is 0 Å². The first-order valence-electron chi connectivity index (χ1n) is 11.3. The van der Waals surface area contributed by atoms with Gasteiger partial charge in [0.1, 0.15) is 17.3 Å². The SMILES string of the molecule is Cc1ccc(C)c(N2C(=O)C(=O)/C(=C(\O)c3ccc4c(c3)CCCO4)C2c2ccc(O)cc2)c1. The van der Waals surface area contributed by atoms with Crippen molar-refractivity contribution in [3.63, 3.8) is 0 Å². The second kappa shape index (κ2) is 8.37. The molecule has 0 radical (unpaired) electrons. The first-order valence-corrected chi connectivity index (χ1v) is 11.3. The molecule has 2 aliphatic rings. The van der Waals surface area contributed by atoms with E-state index in [1.54, 1.807) is 24.3 Å². The minimum atomic E-state index is -0.839. The van der Waals surface area contributed by atoms with E-state index in [0.29, 0.717) is 23.4 Å². The number of ether oxygens (including phenoxy) is 1. The summed E-state index contributed by atoms with van der Waals surface area (Å²) >= 11 is 0. The van der Waals surface area contributed by atoms with Crippen molar-refractivity contribution >= 4 is 23.1 Å². The van der Waals surface area contributed by atoms with Crippen LogP contribution in [0.2, 0.25) is 0 Å². The van der Waals surface area contributed by atoms with Crippen LogP contribution in [0.25, 0.3) is 5.76 Å². The Labute approximate surface area is 197 Å². The Hall–Kier alpha value is -4.06. The number of benzene rings is 3. The lowest BCUT2D eigenvalue weighted by Crippen LogP contribution is -2.30. The van der Waals surface area contributed by atoms with Crippen LogP contribution in [-0.4, -0.2) is 28.5 Å². The smallest absolute Gasteiger partial charge is 0.300 e. The Morgan fingerprint density at radius 3 is 2.53 bits per heavy atom. The number of amides is 1. The topological polar surface area (TPSA) is 87.1 Å². The average molecular weight is 456 g/mol. The number of Topliss-reactive ketones (excluding diaryl/α,β-unsaturated/α-hetero) is 1. The number of ketones is 1. The zero-order valence-corrected chi connectivity index (χ0v) is 19.0. The van der Waals surface area contributed by atoms with E-state index in [0.717, 1.165) is 35.3 Å². The molecule has 34 heavy (non-hydrogen) atoms. The lowest BCUT2D eigenvalue weighted by Gasteiger charge is -2.27. The van der Waals surface area contributed by atoms with Gasteiger partial charge in [-0.2, -0.15) is 0 Å². The number of phenolic OH excluding ortho intramolecular Hbond substituents is 1. The zero-order chi connectivity index (χ0) is 24.0. The lowest BCUT2D eigenvalue weighted by atomic mass is 9.93. The molecule has 1 saturated heterocycles. The van der Waals surface area contributed by atoms with Crippen molar-refractivity contribution in [3.8, 4) is 11.5 Å². The molecule has 6 heteroatoms. The van der Waals surface area contributed by atoms with Gasteiger partial charge < -0.3 is 14.9 Å². The van der Waals surface area contributed by atoms with Crippen LogP contribution in [0.1, 0.15) is 40.3 Å². The molecule has 6 nitrogen and oxygen atoms in total. The maximum absolute atomic E-state index is 13.4. The number of carbonyl (C=O) groups is 2. The summed E-state index contributed by atoms with van der Waals surface area (Å²) in [7, 11) is 0. The molecule has 5 rings (SSSR count). The average Bonchev–Trinajstić information content (AvgIpc) is 3.10. The van der Waals surface area contributed by atoms with Crippen molar-refractivity contribution in [3.05, 3.63) is 94.1 Å². The van der Waals surface area contributed by atoms with Gasteiger partial charge in [-0.15, -0.1) is 0 Å². The van der Waals surface area contributed by atoms with Crippen LogP contribution < -0.4 is 9.64 Å². The summed E-state index contributed by atoms with van der Waals surface area (Å²) < 4.78 is 5.67. The first kappa shape index (κ1) is 21.8. The van der Waals surface area contributed by atoms with E-state index in [9.17, 15) is 19.8 Å². The molecule has 172 valence electrons. The predicted octanol–water partition coefficient (Wildman–Crippen LogP) is 4.96. The Balaban J connectivity index is 1.72. The van der Waals surface area contributed by atoms with E-state index in [1.807, 2.05) is 38.1 Å². The van der Waals surface area contributed by atoms with Crippen molar-refractivity contribution < 1.29 is 24.5 Å². The van der Waals surface area contributed by atoms with Gasteiger partial charge in [-0.3, -0.25) is 14.5 Å². The minimum Gasteiger partial charge on any atom is -0.508 e. The van der Waals surface area contributed by atoms with Crippen molar-refractivity contribution in [2.24, 2.45) is 0 Å². The normalized spacial score (nSPS) is 19.1. The number of aromatic hydroxyl groups is 1. The summed E-state index contributed by atoms with van der Waals surface area (Å²) in [6.45, 7) is 4.45. The van der Waals surface area contributed by atoms with Gasteiger partial charge in [0.25, 0.3) is 11.7 Å². The molecule has 3 aromatic carbocycles. The van der Waals surface area contributed by atoms with Crippen LogP contribution in [0.3, 0.4) is 0 Å². The number of hydrogen-bond acceptors (Lipinski definition) is 5. The maximum Gasteiger partial charge on any atom is 0.300 e. The number of nitrogens with zero attached hydrogens (tertiary/aromatic N) is 1. The van der Waals surface area contributed by atoms with Crippen LogP contribution in [-0.2, 0) is 16.0 Å². The Morgan fingerprint density at radius 2 is 1.76 bits per heavy atom. The maximum atomic E-state index is 13.4. The molecule has 0 saturated carbocycles. The van der Waals surface area contributed by atoms with Crippen molar-refractivity contribution in [1.29, 1.82) is 0 Å². The third-order valence-corrected chi connectivity index (χ3v) is 6.46. The number of aliphatic hydroxyl groups excluding tert-OH is 1. The fourth-order valence-corrected chi connectivity index (χ4v) is 4.70. The number of aryl methyl sites for hydroxylation is 3. The highest BCUT2D eigenvalue weighted by Gasteiger charge is 2.47. The molecule has 0 spiro atoms. The summed E-state index contributed by atoms with van der Waals surface area (Å²) in [6, 6.07) is 16.5.